The molecule has 0 spiro atoms. The van der Waals surface area contributed by atoms with Gasteiger partial charge in [0.1, 0.15) is 0 Å². The fraction of sp³-hybridized carbons (Fsp3) is 0.643. The lowest BCUT2D eigenvalue weighted by atomic mass is 10.2. The topological polar surface area (TPSA) is 37.3 Å². The second-order valence-corrected chi connectivity index (χ2v) is 3.61. The Kier molecular flexibility index (Phi) is 8.59. The van der Waals surface area contributed by atoms with Crippen molar-refractivity contribution in [3.63, 3.8) is 0 Å². The zero-order valence-corrected chi connectivity index (χ0v) is 10.1. The number of carbonyl (C=O) groups is 1. The molecule has 0 amide bonds. The van der Waals surface area contributed by atoms with Crippen molar-refractivity contribution in [1.29, 1.82) is 0 Å². The molecule has 0 aromatic rings. The Labute approximate surface area is 102 Å². The summed E-state index contributed by atoms with van der Waals surface area (Å²) in [7, 11) is 0. The molecule has 0 aliphatic carbocycles. The smallest absolute Gasteiger partial charge is 0.303 e. The lowest BCUT2D eigenvalue weighted by Gasteiger charge is -1.91. The van der Waals surface area contributed by atoms with Gasteiger partial charge in [-0.05, 0) is 32.1 Å². The van der Waals surface area contributed by atoms with E-state index in [-0.39, 0.29) is 6.42 Å². The van der Waals surface area contributed by atoms with Crippen molar-refractivity contribution in [3.05, 3.63) is 24.3 Å². The van der Waals surface area contributed by atoms with Gasteiger partial charge in [0.25, 0.3) is 0 Å². The Morgan fingerprint density at radius 1 is 1.19 bits per heavy atom. The summed E-state index contributed by atoms with van der Waals surface area (Å²) >= 11 is 0. The fourth-order valence-corrected chi connectivity index (χ4v) is 1.24. The van der Waals surface area contributed by atoms with Crippen LogP contribution in [0.5, 0.6) is 0 Å². The molecule has 0 saturated heterocycles. The maximum atomic E-state index is 10.2. The van der Waals surface area contributed by atoms with Crippen LogP contribution >= 0.6 is 0 Å². The molecular weight excluding hydrogens is 200 g/mol. The lowest BCUT2D eigenvalue weighted by Crippen LogP contribution is -1.92. The molecular formula is C14H24O2. The van der Waals surface area contributed by atoms with E-state index < -0.39 is 12.3 Å². The lowest BCUT2D eigenvalue weighted by molar-refractivity contribution is -0.137. The Morgan fingerprint density at radius 2 is 1.81 bits per heavy atom. The first-order chi connectivity index (χ1) is 8.48. The van der Waals surface area contributed by atoms with Crippen molar-refractivity contribution in [1.82, 2.24) is 0 Å². The summed E-state index contributed by atoms with van der Waals surface area (Å²) in [5, 5.41) is 8.43. The maximum Gasteiger partial charge on any atom is 0.303 e. The van der Waals surface area contributed by atoms with Gasteiger partial charge in [-0.15, -0.1) is 0 Å². The third-order valence-electron chi connectivity index (χ3n) is 2.10. The Balaban J connectivity index is 3.48. The van der Waals surface area contributed by atoms with Gasteiger partial charge in [0, 0.05) is 9.16 Å². The van der Waals surface area contributed by atoms with Crippen molar-refractivity contribution in [3.8, 4) is 0 Å². The number of carboxylic acids is 1. The van der Waals surface area contributed by atoms with Gasteiger partial charge >= 0.3 is 5.97 Å². The van der Waals surface area contributed by atoms with Gasteiger partial charge in [0.05, 0.1) is 0 Å². The van der Waals surface area contributed by atoms with E-state index in [1.54, 1.807) is 0 Å². The molecule has 2 heteroatoms. The summed E-state index contributed by atoms with van der Waals surface area (Å²) in [5.41, 5.74) is 0. The van der Waals surface area contributed by atoms with Crippen LogP contribution in [0.2, 0.25) is 0 Å². The van der Waals surface area contributed by atoms with E-state index in [4.69, 9.17) is 7.85 Å². The van der Waals surface area contributed by atoms with Crippen LogP contribution in [-0.2, 0) is 4.79 Å². The van der Waals surface area contributed by atoms with Crippen LogP contribution in [0.1, 0.15) is 61.0 Å². The highest BCUT2D eigenvalue weighted by atomic mass is 16.4. The first-order valence-electron chi connectivity index (χ1n) is 7.00. The molecule has 1 N–H and O–H groups in total. The van der Waals surface area contributed by atoms with E-state index in [0.717, 1.165) is 19.3 Å². The molecule has 92 valence electrons. The summed E-state index contributed by atoms with van der Waals surface area (Å²) < 4.78 is 15.1. The molecule has 0 bridgehead atoms. The zero-order valence-electron chi connectivity index (χ0n) is 12.1. The van der Waals surface area contributed by atoms with Gasteiger partial charge in [-0.3, -0.25) is 4.79 Å². The predicted octanol–water partition coefficient (Wildman–Crippen LogP) is 4.32. The van der Waals surface area contributed by atoms with Crippen LogP contribution in [0.4, 0.5) is 0 Å². The monoisotopic (exact) mass is 226 g/mol. The molecule has 16 heavy (non-hydrogen) atoms. The Bertz CT molecular complexity index is 284. The van der Waals surface area contributed by atoms with Crippen molar-refractivity contribution >= 4 is 5.97 Å². The van der Waals surface area contributed by atoms with Gasteiger partial charge in [0.2, 0.25) is 0 Å². The number of hydrogen-bond acceptors (Lipinski definition) is 1. The van der Waals surface area contributed by atoms with Crippen LogP contribution in [0.25, 0.3) is 0 Å². The van der Waals surface area contributed by atoms with E-state index in [1.165, 1.54) is 0 Å². The Morgan fingerprint density at radius 3 is 2.38 bits per heavy atom. The molecule has 0 aromatic carbocycles. The van der Waals surface area contributed by atoms with E-state index in [1.807, 2.05) is 31.2 Å². The second-order valence-electron chi connectivity index (χ2n) is 3.61. The second kappa shape index (κ2) is 12.0. The molecule has 2 nitrogen and oxygen atoms in total. The fourth-order valence-electron chi connectivity index (χ4n) is 1.24. The summed E-state index contributed by atoms with van der Waals surface area (Å²) in [6.07, 6.45) is 11.5. The van der Waals surface area contributed by atoms with Gasteiger partial charge in [-0.2, -0.15) is 0 Å². The highest BCUT2D eigenvalue weighted by Crippen LogP contribution is 2.01. The number of allylic oxidation sites excluding steroid dienone is 4. The highest BCUT2D eigenvalue weighted by Gasteiger charge is 1.92. The minimum atomic E-state index is -1.04. The van der Waals surface area contributed by atoms with Crippen molar-refractivity contribution in [2.75, 3.05) is 0 Å². The van der Waals surface area contributed by atoms with Crippen LogP contribution in [0.15, 0.2) is 24.3 Å². The molecule has 0 heterocycles. The highest BCUT2D eigenvalue weighted by molar-refractivity contribution is 5.66. The molecule has 0 rings (SSSR count). The summed E-state index contributed by atoms with van der Waals surface area (Å²) in [5.74, 6) is -0.742. The van der Waals surface area contributed by atoms with E-state index in [9.17, 15) is 4.79 Å². The number of aliphatic carboxylic acids is 1. The summed E-state index contributed by atoms with van der Waals surface area (Å²) in [6.45, 7) is 1.86. The average molecular weight is 226 g/mol. The summed E-state index contributed by atoms with van der Waals surface area (Å²) in [4.78, 5) is 10.2. The van der Waals surface area contributed by atoms with Crippen LogP contribution < -0.4 is 0 Å². The van der Waals surface area contributed by atoms with Crippen molar-refractivity contribution in [2.24, 2.45) is 0 Å². The average Bonchev–Trinajstić information content (AvgIpc) is 2.31. The molecule has 0 atom stereocenters. The summed E-state index contributed by atoms with van der Waals surface area (Å²) in [6, 6.07) is 0. The molecule has 0 aliphatic heterocycles. The molecule has 0 radical (unpaired) electrons. The normalized spacial score (nSPS) is 14.3. The SMILES string of the molecule is [2H]C([2H])(CC)CC/C=C\C/C=C\CCCC(=O)O. The van der Waals surface area contributed by atoms with Gasteiger partial charge in [-0.25, -0.2) is 0 Å². The number of hydrogen-bond donors (Lipinski definition) is 1. The van der Waals surface area contributed by atoms with Gasteiger partial charge in [-0.1, -0.05) is 44.0 Å². The maximum absolute atomic E-state index is 10.2. The van der Waals surface area contributed by atoms with E-state index in [0.29, 0.717) is 19.3 Å². The van der Waals surface area contributed by atoms with Crippen LogP contribution in [-0.4, -0.2) is 11.1 Å². The Hall–Kier alpha value is -1.05. The van der Waals surface area contributed by atoms with Crippen molar-refractivity contribution < 1.29 is 12.6 Å². The minimum absolute atomic E-state index is 0.228. The first kappa shape index (κ1) is 11.4. The van der Waals surface area contributed by atoms with Crippen LogP contribution in [0, 0.1) is 0 Å². The zero-order chi connectivity index (χ0) is 13.9. The molecule has 0 unspecified atom stereocenters. The van der Waals surface area contributed by atoms with Gasteiger partial charge in [0.15, 0.2) is 0 Å². The number of unbranched alkanes of at least 4 members (excludes halogenated alkanes) is 1. The number of rotatable bonds is 10. The molecule has 0 aromatic heterocycles. The first-order valence-corrected chi connectivity index (χ1v) is 6.00. The minimum Gasteiger partial charge on any atom is -0.481 e. The van der Waals surface area contributed by atoms with Gasteiger partial charge < -0.3 is 5.11 Å². The number of carboxylic acid groups (broad SMARTS) is 1. The van der Waals surface area contributed by atoms with E-state index >= 15 is 0 Å². The van der Waals surface area contributed by atoms with Crippen LogP contribution in [0.3, 0.4) is 0 Å². The molecule has 0 saturated carbocycles. The third-order valence-corrected chi connectivity index (χ3v) is 2.10. The third kappa shape index (κ3) is 12.9. The quantitative estimate of drug-likeness (QED) is 0.445. The largest absolute Gasteiger partial charge is 0.481 e. The van der Waals surface area contributed by atoms with E-state index in [2.05, 4.69) is 0 Å². The predicted molar refractivity (Wildman–Crippen MR) is 68.5 cm³/mol. The standard InChI is InChI=1S/C14H24O2/c1-2-3-4-5-6-7-8-9-10-11-12-13-14(15)16/h6-7,9-10H,2-5,8,11-13H2,1H3,(H,15,16)/b7-6-,10-9-/i3D2. The molecule has 0 fully saturated rings. The van der Waals surface area contributed by atoms with Crippen molar-refractivity contribution in [2.45, 2.75) is 58.2 Å². The molecule has 0 aliphatic rings.